The van der Waals surface area contributed by atoms with Gasteiger partial charge in [0.15, 0.2) is 0 Å². The number of rotatable bonds is 5. The molecule has 1 aliphatic heterocycles. The minimum atomic E-state index is -1.39. The maximum Gasteiger partial charge on any atom is 0.122 e. The summed E-state index contributed by atoms with van der Waals surface area (Å²) in [6.07, 6.45) is -1.04. The first kappa shape index (κ1) is 21.0. The smallest absolute Gasteiger partial charge is 0.122 e. The van der Waals surface area contributed by atoms with Crippen molar-refractivity contribution in [1.29, 1.82) is 0 Å². The zero-order valence-corrected chi connectivity index (χ0v) is 17.0. The summed E-state index contributed by atoms with van der Waals surface area (Å²) >= 11 is 0. The molecule has 7 nitrogen and oxygen atoms in total. The van der Waals surface area contributed by atoms with Gasteiger partial charge in [0, 0.05) is 7.11 Å². The first-order valence-corrected chi connectivity index (χ1v) is 10.5. The number of ether oxygens (including phenoxy) is 3. The van der Waals surface area contributed by atoms with Crippen molar-refractivity contribution in [3.63, 3.8) is 0 Å². The normalized spacial score (nSPS) is 42.1. The maximum absolute atomic E-state index is 10.4. The van der Waals surface area contributed by atoms with Gasteiger partial charge in [0.05, 0.1) is 18.8 Å². The van der Waals surface area contributed by atoms with E-state index in [1.807, 2.05) is 25.1 Å². The van der Waals surface area contributed by atoms with E-state index < -0.39 is 37.1 Å². The highest BCUT2D eigenvalue weighted by Crippen LogP contribution is 2.45. The van der Waals surface area contributed by atoms with Crippen LogP contribution in [-0.4, -0.2) is 70.8 Å². The van der Waals surface area contributed by atoms with E-state index in [2.05, 4.69) is 0 Å². The van der Waals surface area contributed by atoms with Gasteiger partial charge in [-0.25, -0.2) is 0 Å². The number of aliphatic hydroxyl groups is 4. The Morgan fingerprint density at radius 1 is 1.03 bits per heavy atom. The molecule has 29 heavy (non-hydrogen) atoms. The summed E-state index contributed by atoms with van der Waals surface area (Å²) in [5.74, 6) is 1.81. The van der Waals surface area contributed by atoms with Gasteiger partial charge in [-0.15, -0.1) is 0 Å². The van der Waals surface area contributed by atoms with Gasteiger partial charge in [0.1, 0.15) is 36.3 Å². The van der Waals surface area contributed by atoms with Gasteiger partial charge in [-0.2, -0.15) is 0 Å². The van der Waals surface area contributed by atoms with Crippen molar-refractivity contribution >= 4 is 0 Å². The number of aryl methyl sites for hydroxylation is 1. The lowest BCUT2D eigenvalue weighted by molar-refractivity contribution is -0.231. The van der Waals surface area contributed by atoms with E-state index in [-0.39, 0.29) is 6.10 Å². The van der Waals surface area contributed by atoms with Crippen molar-refractivity contribution in [2.24, 2.45) is 11.8 Å². The molecule has 2 aliphatic carbocycles. The van der Waals surface area contributed by atoms with Crippen molar-refractivity contribution < 1.29 is 34.6 Å². The Hall–Kier alpha value is -1.22. The molecule has 3 fully saturated rings. The van der Waals surface area contributed by atoms with Gasteiger partial charge in [-0.3, -0.25) is 0 Å². The lowest BCUT2D eigenvalue weighted by Crippen LogP contribution is -2.55. The molecular formula is C22H32O7. The lowest BCUT2D eigenvalue weighted by atomic mass is 9.84. The zero-order valence-electron chi connectivity index (χ0n) is 17.0. The first-order valence-electron chi connectivity index (χ1n) is 10.5. The topological polar surface area (TPSA) is 109 Å². The van der Waals surface area contributed by atoms with Gasteiger partial charge < -0.3 is 34.6 Å². The lowest BCUT2D eigenvalue weighted by Gasteiger charge is -2.40. The standard InChI is InChI=1S/C22H32O7/c1-11-3-4-14(22-20(26)19(25)18(24)17(10-23)29-22)9-16(11)28-15-7-12-5-6-13(8-15)21(12)27-2/h3-4,9,12-13,15,17-26H,5-8,10H2,1-2H3/t12?,13?,15?,17-,18-,19+,20-,21?,22+/m1/s1. The molecule has 2 bridgehead atoms. The molecule has 7 atom stereocenters. The Balaban J connectivity index is 1.51. The van der Waals surface area contributed by atoms with E-state index in [1.165, 1.54) is 12.8 Å². The van der Waals surface area contributed by atoms with Crippen LogP contribution in [-0.2, 0) is 9.47 Å². The Bertz CT molecular complexity index is 694. The van der Waals surface area contributed by atoms with Crippen LogP contribution >= 0.6 is 0 Å². The molecule has 3 aliphatic rings. The third-order valence-electron chi connectivity index (χ3n) is 6.97. The summed E-state index contributed by atoms with van der Waals surface area (Å²) in [6.45, 7) is 1.53. The molecular weight excluding hydrogens is 376 g/mol. The molecule has 4 N–H and O–H groups in total. The molecule has 0 spiro atoms. The van der Waals surface area contributed by atoms with Crippen LogP contribution in [0.25, 0.3) is 0 Å². The summed E-state index contributed by atoms with van der Waals surface area (Å²) in [5.41, 5.74) is 1.63. The number of fused-ring (bicyclic) bond motifs is 2. The van der Waals surface area contributed by atoms with E-state index in [4.69, 9.17) is 14.2 Å². The number of benzene rings is 1. The molecule has 162 valence electrons. The fourth-order valence-electron chi connectivity index (χ4n) is 5.38. The van der Waals surface area contributed by atoms with Gasteiger partial charge in [-0.1, -0.05) is 12.1 Å². The molecule has 4 rings (SSSR count). The summed E-state index contributed by atoms with van der Waals surface area (Å²) in [6, 6.07) is 5.56. The highest BCUT2D eigenvalue weighted by atomic mass is 16.5. The van der Waals surface area contributed by atoms with E-state index in [0.29, 0.717) is 23.5 Å². The second-order valence-electron chi connectivity index (χ2n) is 8.78. The Morgan fingerprint density at radius 3 is 2.34 bits per heavy atom. The highest BCUT2D eigenvalue weighted by molar-refractivity contribution is 5.38. The SMILES string of the molecule is COC1C2CCC1CC(Oc1cc([C@@H]3O[C@H](CO)[C@@H](O)[C@H](O)[C@H]3O)ccc1C)C2. The van der Waals surface area contributed by atoms with E-state index in [9.17, 15) is 20.4 Å². The molecule has 2 saturated carbocycles. The van der Waals surface area contributed by atoms with Crippen molar-refractivity contribution in [3.8, 4) is 5.75 Å². The predicted molar refractivity (Wildman–Crippen MR) is 105 cm³/mol. The molecule has 1 heterocycles. The highest BCUT2D eigenvalue weighted by Gasteiger charge is 2.45. The van der Waals surface area contributed by atoms with E-state index in [1.54, 1.807) is 7.11 Å². The monoisotopic (exact) mass is 408 g/mol. The van der Waals surface area contributed by atoms with E-state index >= 15 is 0 Å². The van der Waals surface area contributed by atoms with Crippen LogP contribution in [0, 0.1) is 18.8 Å². The molecule has 1 aromatic carbocycles. The average Bonchev–Trinajstić information content (AvgIpc) is 2.97. The van der Waals surface area contributed by atoms with Crippen LogP contribution in [0.2, 0.25) is 0 Å². The Kier molecular flexibility index (Phi) is 6.16. The molecule has 2 unspecified atom stereocenters. The summed E-state index contributed by atoms with van der Waals surface area (Å²) < 4.78 is 17.8. The van der Waals surface area contributed by atoms with Crippen LogP contribution in [0.15, 0.2) is 18.2 Å². The Morgan fingerprint density at radius 2 is 1.72 bits per heavy atom. The molecule has 7 heteroatoms. The predicted octanol–water partition coefficient (Wildman–Crippen LogP) is 1.09. The number of methoxy groups -OCH3 is 1. The largest absolute Gasteiger partial charge is 0.490 e. The van der Waals surface area contributed by atoms with Crippen LogP contribution in [0.3, 0.4) is 0 Å². The zero-order chi connectivity index (χ0) is 20.7. The summed E-state index contributed by atoms with van der Waals surface area (Å²) in [7, 11) is 1.80. The minimum absolute atomic E-state index is 0.127. The Labute approximate surface area is 171 Å². The summed E-state index contributed by atoms with van der Waals surface area (Å²) in [4.78, 5) is 0. The van der Waals surface area contributed by atoms with E-state index in [0.717, 1.165) is 24.2 Å². The molecule has 0 aromatic heterocycles. The minimum Gasteiger partial charge on any atom is -0.490 e. The van der Waals surface area contributed by atoms with Crippen LogP contribution < -0.4 is 4.74 Å². The van der Waals surface area contributed by atoms with Crippen molar-refractivity contribution in [2.75, 3.05) is 13.7 Å². The average molecular weight is 408 g/mol. The molecule has 1 saturated heterocycles. The van der Waals surface area contributed by atoms with Crippen molar-refractivity contribution in [3.05, 3.63) is 29.3 Å². The number of hydrogen-bond donors (Lipinski definition) is 4. The summed E-state index contributed by atoms with van der Waals surface area (Å²) in [5, 5.41) is 39.9. The number of hydrogen-bond acceptors (Lipinski definition) is 7. The van der Waals surface area contributed by atoms with Crippen LogP contribution in [0.5, 0.6) is 5.75 Å². The van der Waals surface area contributed by atoms with Crippen LogP contribution in [0.1, 0.15) is 42.9 Å². The van der Waals surface area contributed by atoms with Gasteiger partial charge >= 0.3 is 0 Å². The third kappa shape index (κ3) is 3.92. The molecule has 0 radical (unpaired) electrons. The maximum atomic E-state index is 10.4. The van der Waals surface area contributed by atoms with Crippen molar-refractivity contribution in [1.82, 2.24) is 0 Å². The molecule has 0 amide bonds. The second kappa shape index (κ2) is 8.49. The first-order chi connectivity index (χ1) is 13.9. The van der Waals surface area contributed by atoms with Crippen molar-refractivity contribution in [2.45, 2.75) is 75.3 Å². The third-order valence-corrected chi connectivity index (χ3v) is 6.97. The van der Waals surface area contributed by atoms with Gasteiger partial charge in [0.2, 0.25) is 0 Å². The second-order valence-corrected chi connectivity index (χ2v) is 8.78. The fraction of sp³-hybridized carbons (Fsp3) is 0.727. The van der Waals surface area contributed by atoms with Gasteiger partial charge in [0.25, 0.3) is 0 Å². The fourth-order valence-corrected chi connectivity index (χ4v) is 5.38. The van der Waals surface area contributed by atoms with Gasteiger partial charge in [-0.05, 0) is 61.6 Å². The number of aliphatic hydroxyl groups excluding tert-OH is 4. The molecule has 1 aromatic rings. The quantitative estimate of drug-likeness (QED) is 0.578. The van der Waals surface area contributed by atoms with Crippen LogP contribution in [0.4, 0.5) is 0 Å².